The monoisotopic (exact) mass is 230 g/mol. The smallest absolute Gasteiger partial charge is 0.135 e. The highest BCUT2D eigenvalue weighted by Gasteiger charge is 2.25. The Morgan fingerprint density at radius 1 is 1.33 bits per heavy atom. The lowest BCUT2D eigenvalue weighted by atomic mass is 9.85. The fourth-order valence-corrected chi connectivity index (χ4v) is 2.06. The van der Waals surface area contributed by atoms with Crippen LogP contribution in [0.1, 0.15) is 31.9 Å². The van der Waals surface area contributed by atoms with Crippen LogP contribution in [0.4, 0.5) is 4.39 Å². The summed E-state index contributed by atoms with van der Waals surface area (Å²) in [5.41, 5.74) is 0.743. The Morgan fingerprint density at radius 2 is 1.87 bits per heavy atom. The van der Waals surface area contributed by atoms with Gasteiger partial charge in [0.1, 0.15) is 11.6 Å². The van der Waals surface area contributed by atoms with Crippen molar-refractivity contribution < 1.29 is 9.13 Å². The minimum absolute atomic E-state index is 0.271. The molecule has 0 unspecified atom stereocenters. The maximum Gasteiger partial charge on any atom is 0.135 e. The maximum absolute atomic E-state index is 14.0. The molecule has 0 heterocycles. The van der Waals surface area contributed by atoms with Crippen LogP contribution in [0.3, 0.4) is 0 Å². The van der Waals surface area contributed by atoms with E-state index < -0.39 is 0 Å². The fraction of sp³-hybridized carbons (Fsp3) is 0.500. The van der Waals surface area contributed by atoms with Gasteiger partial charge in [0.25, 0.3) is 0 Å². The van der Waals surface area contributed by atoms with Crippen LogP contribution in [0.2, 0.25) is 5.02 Å². The van der Waals surface area contributed by atoms with E-state index in [-0.39, 0.29) is 11.2 Å². The molecule has 1 aromatic carbocycles. The Kier molecular flexibility index (Phi) is 3.29. The van der Waals surface area contributed by atoms with Crippen molar-refractivity contribution in [1.29, 1.82) is 0 Å². The summed E-state index contributed by atoms with van der Waals surface area (Å²) in [6, 6.07) is 1.67. The maximum atomic E-state index is 14.0. The molecule has 1 nitrogen and oxygen atoms in total. The van der Waals surface area contributed by atoms with Crippen molar-refractivity contribution in [1.82, 2.24) is 0 Å². The highest BCUT2D eigenvalue weighted by Crippen LogP contribution is 2.37. The molecule has 1 rings (SSSR count). The molecule has 15 heavy (non-hydrogen) atoms. The molecule has 3 heteroatoms. The SMILES string of the molecule is COc1cc(Cl)c(C(C)(C)C)c(F)c1C. The van der Waals surface area contributed by atoms with Crippen LogP contribution in [-0.4, -0.2) is 7.11 Å². The standard InChI is InChI=1S/C12H16ClFO/c1-7-9(15-5)6-8(13)10(11(7)14)12(2,3)4/h6H,1-5H3. The quantitative estimate of drug-likeness (QED) is 0.706. The van der Waals surface area contributed by atoms with Gasteiger partial charge >= 0.3 is 0 Å². The van der Waals surface area contributed by atoms with Crippen LogP contribution in [0, 0.1) is 12.7 Å². The third-order valence-electron chi connectivity index (χ3n) is 2.38. The topological polar surface area (TPSA) is 9.23 Å². The molecule has 0 amide bonds. The highest BCUT2D eigenvalue weighted by atomic mass is 35.5. The van der Waals surface area contributed by atoms with Crippen molar-refractivity contribution in [3.8, 4) is 5.75 Å². The first-order valence-corrected chi connectivity index (χ1v) is 5.20. The van der Waals surface area contributed by atoms with Gasteiger partial charge in [-0.3, -0.25) is 0 Å². The van der Waals surface area contributed by atoms with Gasteiger partial charge in [-0.2, -0.15) is 0 Å². The van der Waals surface area contributed by atoms with Gasteiger partial charge in [0.15, 0.2) is 0 Å². The molecule has 0 aromatic heterocycles. The lowest BCUT2D eigenvalue weighted by molar-refractivity contribution is 0.404. The van der Waals surface area contributed by atoms with Crippen LogP contribution >= 0.6 is 11.6 Å². The molecular weight excluding hydrogens is 215 g/mol. The minimum atomic E-state index is -0.307. The summed E-state index contributed by atoms with van der Waals surface area (Å²) in [6.45, 7) is 7.50. The molecule has 0 fully saturated rings. The van der Waals surface area contributed by atoms with Crippen molar-refractivity contribution in [2.45, 2.75) is 33.1 Å². The van der Waals surface area contributed by atoms with Gasteiger partial charge < -0.3 is 4.74 Å². The number of halogens is 2. The van der Waals surface area contributed by atoms with E-state index >= 15 is 0 Å². The van der Waals surface area contributed by atoms with Gasteiger partial charge in [0.05, 0.1) is 12.1 Å². The van der Waals surface area contributed by atoms with E-state index in [1.807, 2.05) is 20.8 Å². The summed E-state index contributed by atoms with van der Waals surface area (Å²) in [7, 11) is 1.51. The van der Waals surface area contributed by atoms with Gasteiger partial charge in [0, 0.05) is 11.1 Å². The Morgan fingerprint density at radius 3 is 2.27 bits per heavy atom. The lowest BCUT2D eigenvalue weighted by Crippen LogP contribution is -2.15. The van der Waals surface area contributed by atoms with Crippen molar-refractivity contribution in [2.75, 3.05) is 7.11 Å². The predicted octanol–water partition coefficient (Wildman–Crippen LogP) is 4.09. The summed E-state index contributed by atoms with van der Waals surface area (Å²) in [5, 5.41) is 0.419. The van der Waals surface area contributed by atoms with E-state index in [1.165, 1.54) is 7.11 Å². The summed E-state index contributed by atoms with van der Waals surface area (Å²) >= 11 is 6.05. The van der Waals surface area contributed by atoms with Gasteiger partial charge in [0.2, 0.25) is 0 Å². The molecular formula is C12H16ClFO. The van der Waals surface area contributed by atoms with E-state index in [9.17, 15) is 4.39 Å². The molecule has 0 aliphatic rings. The van der Waals surface area contributed by atoms with E-state index in [4.69, 9.17) is 16.3 Å². The second kappa shape index (κ2) is 4.01. The molecule has 0 bridgehead atoms. The van der Waals surface area contributed by atoms with Gasteiger partial charge in [-0.05, 0) is 18.4 Å². The van der Waals surface area contributed by atoms with E-state index in [0.29, 0.717) is 21.9 Å². The van der Waals surface area contributed by atoms with Crippen LogP contribution in [0.15, 0.2) is 6.07 Å². The molecule has 0 N–H and O–H groups in total. The van der Waals surface area contributed by atoms with Crippen molar-refractivity contribution >= 4 is 11.6 Å². The van der Waals surface area contributed by atoms with Crippen LogP contribution in [0.5, 0.6) is 5.75 Å². The Hall–Kier alpha value is -0.760. The second-order valence-corrected chi connectivity index (χ2v) is 5.03. The van der Waals surface area contributed by atoms with E-state index in [1.54, 1.807) is 13.0 Å². The average Bonchev–Trinajstić information content (AvgIpc) is 2.09. The number of rotatable bonds is 1. The molecule has 1 aromatic rings. The largest absolute Gasteiger partial charge is 0.496 e. The normalized spacial score (nSPS) is 11.7. The number of ether oxygens (including phenoxy) is 1. The average molecular weight is 231 g/mol. The second-order valence-electron chi connectivity index (χ2n) is 4.62. The molecule has 84 valence electrons. The predicted molar refractivity (Wildman–Crippen MR) is 61.4 cm³/mol. The molecule has 0 aliphatic heterocycles. The van der Waals surface area contributed by atoms with Crippen molar-refractivity contribution in [3.63, 3.8) is 0 Å². The fourth-order valence-electron chi connectivity index (χ4n) is 1.60. The minimum Gasteiger partial charge on any atom is -0.496 e. The van der Waals surface area contributed by atoms with Gasteiger partial charge in [-0.25, -0.2) is 4.39 Å². The molecule has 0 saturated heterocycles. The van der Waals surface area contributed by atoms with E-state index in [0.717, 1.165) is 0 Å². The molecule has 0 saturated carbocycles. The Balaban J connectivity index is 3.50. The van der Waals surface area contributed by atoms with Crippen molar-refractivity contribution in [2.24, 2.45) is 0 Å². The molecule has 0 atom stereocenters. The van der Waals surface area contributed by atoms with Crippen LogP contribution in [-0.2, 0) is 5.41 Å². The molecule has 0 radical (unpaired) electrons. The number of methoxy groups -OCH3 is 1. The third kappa shape index (κ3) is 2.25. The first-order valence-electron chi connectivity index (χ1n) is 4.82. The van der Waals surface area contributed by atoms with Gasteiger partial charge in [-0.1, -0.05) is 32.4 Å². The van der Waals surface area contributed by atoms with Gasteiger partial charge in [-0.15, -0.1) is 0 Å². The molecule has 0 aliphatic carbocycles. The van der Waals surface area contributed by atoms with E-state index in [2.05, 4.69) is 0 Å². The Bertz CT molecular complexity index is 380. The van der Waals surface area contributed by atoms with Crippen molar-refractivity contribution in [3.05, 3.63) is 28.0 Å². The van der Waals surface area contributed by atoms with Crippen LogP contribution in [0.25, 0.3) is 0 Å². The number of benzene rings is 1. The Labute approximate surface area is 95.2 Å². The van der Waals surface area contributed by atoms with Crippen LogP contribution < -0.4 is 4.74 Å². The third-order valence-corrected chi connectivity index (χ3v) is 2.68. The number of hydrogen-bond acceptors (Lipinski definition) is 1. The first-order chi connectivity index (χ1) is 6.79. The summed E-state index contributed by atoms with van der Waals surface area (Å²) in [4.78, 5) is 0. The zero-order chi connectivity index (χ0) is 11.8. The zero-order valence-electron chi connectivity index (χ0n) is 9.74. The highest BCUT2D eigenvalue weighted by molar-refractivity contribution is 6.31. The summed E-state index contributed by atoms with van der Waals surface area (Å²) < 4.78 is 19.1. The summed E-state index contributed by atoms with van der Waals surface area (Å²) in [5.74, 6) is 0.220. The summed E-state index contributed by atoms with van der Waals surface area (Å²) in [6.07, 6.45) is 0. The lowest BCUT2D eigenvalue weighted by Gasteiger charge is -2.23. The number of hydrogen-bond donors (Lipinski definition) is 0. The molecule has 0 spiro atoms. The first kappa shape index (κ1) is 12.3. The zero-order valence-corrected chi connectivity index (χ0v) is 10.5.